The highest BCUT2D eigenvalue weighted by Crippen LogP contribution is 2.17. The van der Waals surface area contributed by atoms with Crippen LogP contribution < -0.4 is 11.1 Å². The Hall–Kier alpha value is -1.24. The van der Waals surface area contributed by atoms with Gasteiger partial charge in [-0.15, -0.1) is 22.7 Å². The highest BCUT2D eigenvalue weighted by atomic mass is 32.1. The Balaban J connectivity index is 1.91. The van der Waals surface area contributed by atoms with E-state index in [1.165, 1.54) is 21.1 Å². The summed E-state index contributed by atoms with van der Waals surface area (Å²) < 4.78 is 0. The number of hydrogen-bond acceptors (Lipinski definition) is 5. The van der Waals surface area contributed by atoms with Gasteiger partial charge in [0.05, 0.1) is 0 Å². The number of aryl methyl sites for hydroxylation is 1. The predicted octanol–water partition coefficient (Wildman–Crippen LogP) is 2.33. The van der Waals surface area contributed by atoms with E-state index in [0.29, 0.717) is 12.2 Å². The first kappa shape index (κ1) is 14.2. The van der Waals surface area contributed by atoms with Gasteiger partial charge in [-0.25, -0.2) is 4.98 Å². The van der Waals surface area contributed by atoms with Crippen LogP contribution in [0.25, 0.3) is 0 Å². The lowest BCUT2D eigenvalue weighted by molar-refractivity contribution is 0.0935. The molecule has 1 unspecified atom stereocenters. The molecule has 0 aliphatic heterocycles. The molecule has 0 aliphatic carbocycles. The van der Waals surface area contributed by atoms with Crippen molar-refractivity contribution in [3.8, 4) is 0 Å². The molecule has 0 bridgehead atoms. The number of nitrogens with two attached hydrogens (primary N) is 1. The fourth-order valence-electron chi connectivity index (χ4n) is 1.75. The van der Waals surface area contributed by atoms with Crippen LogP contribution in [0.5, 0.6) is 0 Å². The second kappa shape index (κ2) is 6.27. The monoisotopic (exact) mass is 295 g/mol. The molecule has 102 valence electrons. The Morgan fingerprint density at radius 3 is 2.89 bits per heavy atom. The van der Waals surface area contributed by atoms with Crippen LogP contribution in [0.2, 0.25) is 0 Å². The number of nitrogens with zero attached hydrogens (tertiary/aromatic N) is 1. The third kappa shape index (κ3) is 3.86. The van der Waals surface area contributed by atoms with Gasteiger partial charge in [0.25, 0.3) is 5.91 Å². The van der Waals surface area contributed by atoms with Crippen LogP contribution in [-0.4, -0.2) is 16.9 Å². The highest BCUT2D eigenvalue weighted by Gasteiger charge is 2.13. The summed E-state index contributed by atoms with van der Waals surface area (Å²) >= 11 is 3.18. The largest absolute Gasteiger partial charge is 0.348 e. The zero-order chi connectivity index (χ0) is 13.8. The van der Waals surface area contributed by atoms with Gasteiger partial charge in [0.1, 0.15) is 10.7 Å². The van der Waals surface area contributed by atoms with Crippen LogP contribution in [-0.2, 0) is 13.0 Å². The van der Waals surface area contributed by atoms with Crippen molar-refractivity contribution in [3.63, 3.8) is 0 Å². The van der Waals surface area contributed by atoms with Crippen molar-refractivity contribution in [2.24, 2.45) is 5.73 Å². The molecular formula is C13H17N3OS2. The minimum Gasteiger partial charge on any atom is -0.348 e. The molecule has 1 atom stereocenters. The van der Waals surface area contributed by atoms with Crippen LogP contribution >= 0.6 is 22.7 Å². The maximum Gasteiger partial charge on any atom is 0.270 e. The molecule has 2 aromatic heterocycles. The lowest BCUT2D eigenvalue weighted by atomic mass is 10.2. The Bertz CT molecular complexity index is 562. The first-order chi connectivity index (χ1) is 9.08. The van der Waals surface area contributed by atoms with Crippen molar-refractivity contribution in [1.29, 1.82) is 0 Å². The Kier molecular flexibility index (Phi) is 4.68. The lowest BCUT2D eigenvalue weighted by Gasteiger charge is -2.11. The van der Waals surface area contributed by atoms with Gasteiger partial charge in [-0.3, -0.25) is 4.79 Å². The van der Waals surface area contributed by atoms with Crippen molar-refractivity contribution >= 4 is 28.6 Å². The third-order valence-corrected chi connectivity index (χ3v) is 4.53. The van der Waals surface area contributed by atoms with Crippen molar-refractivity contribution in [2.45, 2.75) is 32.9 Å². The summed E-state index contributed by atoms with van der Waals surface area (Å²) in [6, 6.07) is 4.30. The summed E-state index contributed by atoms with van der Waals surface area (Å²) in [6.07, 6.45) is 0.845. The van der Waals surface area contributed by atoms with E-state index in [1.54, 1.807) is 16.7 Å². The summed E-state index contributed by atoms with van der Waals surface area (Å²) in [5.41, 5.74) is 5.94. The van der Waals surface area contributed by atoms with E-state index in [-0.39, 0.29) is 11.9 Å². The molecule has 6 heteroatoms. The zero-order valence-electron chi connectivity index (χ0n) is 11.0. The number of nitrogens with one attached hydrogen (secondary N) is 1. The van der Waals surface area contributed by atoms with Gasteiger partial charge in [-0.2, -0.15) is 0 Å². The topological polar surface area (TPSA) is 68.0 Å². The number of thiophene rings is 1. The molecule has 0 aromatic carbocycles. The molecule has 4 nitrogen and oxygen atoms in total. The number of amides is 1. The molecule has 3 N–H and O–H groups in total. The Morgan fingerprint density at radius 2 is 2.32 bits per heavy atom. The summed E-state index contributed by atoms with van der Waals surface area (Å²) in [7, 11) is 0. The summed E-state index contributed by atoms with van der Waals surface area (Å²) in [5, 5.41) is 5.50. The van der Waals surface area contributed by atoms with E-state index in [1.807, 2.05) is 6.92 Å². The standard InChI is InChI=1S/C13H17N3OS2/c1-8(5-10-4-3-9(2)19-10)15-13(17)11-7-18-12(6-14)16-11/h3-4,7-8H,5-6,14H2,1-2H3,(H,15,17). The molecule has 2 heterocycles. The molecule has 2 rings (SSSR count). The summed E-state index contributed by atoms with van der Waals surface area (Å²) in [5.74, 6) is -0.128. The lowest BCUT2D eigenvalue weighted by Crippen LogP contribution is -2.34. The van der Waals surface area contributed by atoms with Gasteiger partial charge in [0, 0.05) is 34.1 Å². The van der Waals surface area contributed by atoms with Crippen LogP contribution in [0.1, 0.15) is 32.2 Å². The summed E-state index contributed by atoms with van der Waals surface area (Å²) in [4.78, 5) is 18.7. The normalized spacial score (nSPS) is 12.4. The van der Waals surface area contributed by atoms with E-state index >= 15 is 0 Å². The first-order valence-corrected chi connectivity index (χ1v) is 7.78. The smallest absolute Gasteiger partial charge is 0.270 e. The van der Waals surface area contributed by atoms with Gasteiger partial charge < -0.3 is 11.1 Å². The number of carbonyl (C=O) groups is 1. The molecule has 2 aromatic rings. The molecule has 1 amide bonds. The minimum atomic E-state index is -0.128. The number of thiazole rings is 1. The van der Waals surface area contributed by atoms with Crippen molar-refractivity contribution < 1.29 is 4.79 Å². The van der Waals surface area contributed by atoms with Crippen LogP contribution in [0.4, 0.5) is 0 Å². The van der Waals surface area contributed by atoms with Crippen molar-refractivity contribution in [2.75, 3.05) is 0 Å². The van der Waals surface area contributed by atoms with Crippen LogP contribution in [0, 0.1) is 6.92 Å². The average molecular weight is 295 g/mol. The van der Waals surface area contributed by atoms with E-state index in [4.69, 9.17) is 5.73 Å². The van der Waals surface area contributed by atoms with E-state index in [2.05, 4.69) is 29.4 Å². The number of rotatable bonds is 5. The number of carbonyl (C=O) groups excluding carboxylic acids is 1. The van der Waals surface area contributed by atoms with E-state index in [9.17, 15) is 4.79 Å². The van der Waals surface area contributed by atoms with Crippen molar-refractivity contribution in [3.05, 3.63) is 38.0 Å². The molecule has 0 saturated carbocycles. The van der Waals surface area contributed by atoms with E-state index < -0.39 is 0 Å². The van der Waals surface area contributed by atoms with Crippen LogP contribution in [0.3, 0.4) is 0 Å². The second-order valence-corrected chi connectivity index (χ2v) is 6.74. The van der Waals surface area contributed by atoms with Gasteiger partial charge in [-0.1, -0.05) is 0 Å². The highest BCUT2D eigenvalue weighted by molar-refractivity contribution is 7.11. The van der Waals surface area contributed by atoms with Gasteiger partial charge in [0.2, 0.25) is 0 Å². The predicted molar refractivity (Wildman–Crippen MR) is 79.7 cm³/mol. The SMILES string of the molecule is Cc1ccc(CC(C)NC(=O)c2csc(CN)n2)s1. The quantitative estimate of drug-likeness (QED) is 0.889. The molecule has 0 saturated heterocycles. The Morgan fingerprint density at radius 1 is 1.53 bits per heavy atom. The third-order valence-electron chi connectivity index (χ3n) is 2.64. The Labute approximate surface area is 120 Å². The fourth-order valence-corrected chi connectivity index (χ4v) is 3.43. The molecule has 0 aliphatic rings. The maximum absolute atomic E-state index is 12.0. The van der Waals surface area contributed by atoms with Gasteiger partial charge >= 0.3 is 0 Å². The first-order valence-electron chi connectivity index (χ1n) is 6.09. The molecule has 19 heavy (non-hydrogen) atoms. The van der Waals surface area contributed by atoms with Crippen LogP contribution in [0.15, 0.2) is 17.5 Å². The number of aromatic nitrogens is 1. The fraction of sp³-hybridized carbons (Fsp3) is 0.385. The van der Waals surface area contributed by atoms with Gasteiger partial charge in [-0.05, 0) is 26.0 Å². The number of hydrogen-bond donors (Lipinski definition) is 2. The maximum atomic E-state index is 12.0. The molecule has 0 radical (unpaired) electrons. The molecule has 0 fully saturated rings. The van der Waals surface area contributed by atoms with Crippen molar-refractivity contribution in [1.82, 2.24) is 10.3 Å². The zero-order valence-corrected chi connectivity index (χ0v) is 12.6. The van der Waals surface area contributed by atoms with Gasteiger partial charge in [0.15, 0.2) is 0 Å². The molecule has 0 spiro atoms. The minimum absolute atomic E-state index is 0.0913. The molecular weight excluding hydrogens is 278 g/mol. The van der Waals surface area contributed by atoms with E-state index in [0.717, 1.165) is 11.4 Å². The average Bonchev–Trinajstić information content (AvgIpc) is 2.98. The summed E-state index contributed by atoms with van der Waals surface area (Å²) in [6.45, 7) is 4.46. The second-order valence-electron chi connectivity index (χ2n) is 4.42.